The van der Waals surface area contributed by atoms with Gasteiger partial charge in [-0.15, -0.1) is 5.10 Å². The van der Waals surface area contributed by atoms with Crippen LogP contribution in [0.3, 0.4) is 0 Å². The minimum Gasteiger partial charge on any atom is -0.385 e. The summed E-state index contributed by atoms with van der Waals surface area (Å²) < 4.78 is 15.0. The molecular formula is C33H38FN9O. The highest BCUT2D eigenvalue weighted by molar-refractivity contribution is 5.94. The molecule has 1 amide bonds. The summed E-state index contributed by atoms with van der Waals surface area (Å²) in [6, 6.07) is 12.3. The van der Waals surface area contributed by atoms with Gasteiger partial charge < -0.3 is 20.9 Å². The van der Waals surface area contributed by atoms with E-state index in [9.17, 15) is 9.18 Å². The van der Waals surface area contributed by atoms with Gasteiger partial charge in [0.05, 0.1) is 23.6 Å². The lowest BCUT2D eigenvalue weighted by Crippen LogP contribution is -2.38. The first kappa shape index (κ1) is 27.5. The number of fused-ring (bicyclic) bond motifs is 2. The maximum absolute atomic E-state index is 13.5. The van der Waals surface area contributed by atoms with Crippen LogP contribution in [0.15, 0.2) is 48.8 Å². The lowest BCUT2D eigenvalue weighted by Gasteiger charge is -2.33. The fraction of sp³-hybridized carbons (Fsp3) is 0.455. The molecule has 3 aromatic heterocycles. The fourth-order valence-electron chi connectivity index (χ4n) is 7.36. The van der Waals surface area contributed by atoms with Crippen LogP contribution < -0.4 is 20.9 Å². The third kappa shape index (κ3) is 4.88. The van der Waals surface area contributed by atoms with Crippen molar-refractivity contribution in [1.29, 1.82) is 0 Å². The molecule has 2 atom stereocenters. The molecule has 3 fully saturated rings. The van der Waals surface area contributed by atoms with Crippen molar-refractivity contribution in [3.8, 4) is 11.3 Å². The smallest absolute Gasteiger partial charge is 0.271 e. The van der Waals surface area contributed by atoms with E-state index in [4.69, 9.17) is 10.1 Å². The minimum absolute atomic E-state index is 0.287. The summed E-state index contributed by atoms with van der Waals surface area (Å²) in [5.41, 5.74) is 7.78. The monoisotopic (exact) mass is 595 g/mol. The highest BCUT2D eigenvalue weighted by Gasteiger charge is 2.40. The largest absolute Gasteiger partial charge is 0.385 e. The molecule has 4 aliphatic rings. The molecule has 1 aliphatic carbocycles. The lowest BCUT2D eigenvalue weighted by molar-refractivity contribution is 0.0940. The highest BCUT2D eigenvalue weighted by atomic mass is 19.1. The van der Waals surface area contributed by atoms with Crippen LogP contribution in [0.2, 0.25) is 0 Å². The Bertz CT molecular complexity index is 1710. The molecule has 3 aliphatic heterocycles. The van der Waals surface area contributed by atoms with Crippen molar-refractivity contribution in [2.24, 2.45) is 5.41 Å². The van der Waals surface area contributed by atoms with Crippen molar-refractivity contribution >= 4 is 28.7 Å². The van der Waals surface area contributed by atoms with Crippen molar-refractivity contribution < 1.29 is 9.18 Å². The van der Waals surface area contributed by atoms with Crippen LogP contribution in [0, 0.1) is 5.41 Å². The maximum atomic E-state index is 13.5. The Morgan fingerprint density at radius 3 is 2.75 bits per heavy atom. The second kappa shape index (κ2) is 10.8. The van der Waals surface area contributed by atoms with Crippen LogP contribution in [0.5, 0.6) is 0 Å². The van der Waals surface area contributed by atoms with Gasteiger partial charge in [0.1, 0.15) is 6.17 Å². The summed E-state index contributed by atoms with van der Waals surface area (Å²) in [5.74, 6) is 0.337. The zero-order valence-corrected chi connectivity index (χ0v) is 25.0. The summed E-state index contributed by atoms with van der Waals surface area (Å²) in [4.78, 5) is 27.1. The number of amides is 1. The number of anilines is 3. The van der Waals surface area contributed by atoms with E-state index >= 15 is 0 Å². The Labute approximate surface area is 256 Å². The first-order chi connectivity index (χ1) is 21.5. The number of carbonyl (C=O) groups is 1. The van der Waals surface area contributed by atoms with E-state index in [-0.39, 0.29) is 11.6 Å². The number of nitrogens with one attached hydrogen (secondary N) is 3. The van der Waals surface area contributed by atoms with Crippen LogP contribution in [-0.4, -0.2) is 82.4 Å². The Balaban J connectivity index is 1.04. The molecule has 1 aromatic carbocycles. The van der Waals surface area contributed by atoms with Crippen LogP contribution in [-0.2, 0) is 13.0 Å². The summed E-state index contributed by atoms with van der Waals surface area (Å²) in [6.07, 6.45) is 7.65. The number of piperidine rings is 1. The number of likely N-dealkylation sites (tertiary alicyclic amines) is 1. The van der Waals surface area contributed by atoms with Gasteiger partial charge in [-0.25, -0.2) is 13.9 Å². The molecular weight excluding hydrogens is 557 g/mol. The normalized spacial score (nSPS) is 22.5. The third-order valence-electron chi connectivity index (χ3n) is 9.98. The number of halogens is 1. The van der Waals surface area contributed by atoms with Crippen molar-refractivity contribution in [2.45, 2.75) is 50.9 Å². The SMILES string of the molecule is CNc1cc(N2CCc3c(-c4ccc(CN5CCC6(CCNCC6)C5)cn4)cccc32)nn2c(C(=O)N[C@@H]3C[C@@H]3F)cnc12. The van der Waals surface area contributed by atoms with Crippen molar-refractivity contribution in [3.63, 3.8) is 0 Å². The van der Waals surface area contributed by atoms with E-state index in [1.165, 1.54) is 49.7 Å². The Morgan fingerprint density at radius 2 is 1.98 bits per heavy atom. The summed E-state index contributed by atoms with van der Waals surface area (Å²) in [6.45, 7) is 6.36. The maximum Gasteiger partial charge on any atom is 0.271 e. The summed E-state index contributed by atoms with van der Waals surface area (Å²) >= 11 is 0. The number of imidazole rings is 1. The standard InChI is InChI=1S/C33H38FN9O/c1-35-27-16-30(40-43-29(18-38-31(27)43)32(44)39-26-15-24(26)34)42-13-7-23-22(3-2-4-28(23)42)25-6-5-21(17-37-25)19-41-14-10-33(20-41)8-11-36-12-9-33/h2-6,16-18,24,26,35-36H,7-15,19-20H2,1H3,(H,39,44)/t24-,26+/m0/s1. The van der Waals surface area contributed by atoms with Gasteiger partial charge in [-0.3, -0.25) is 14.7 Å². The zero-order valence-electron chi connectivity index (χ0n) is 25.0. The number of alkyl halides is 1. The van der Waals surface area contributed by atoms with Crippen LogP contribution in [0.1, 0.15) is 47.3 Å². The predicted octanol–water partition coefficient (Wildman–Crippen LogP) is 3.94. The van der Waals surface area contributed by atoms with Crippen molar-refractivity contribution in [1.82, 2.24) is 35.1 Å². The average molecular weight is 596 g/mol. The average Bonchev–Trinajstić information content (AvgIpc) is 3.41. The number of rotatable bonds is 7. The Kier molecular flexibility index (Phi) is 6.75. The van der Waals surface area contributed by atoms with Gasteiger partial charge in [0, 0.05) is 56.6 Å². The van der Waals surface area contributed by atoms with Crippen LogP contribution in [0.25, 0.3) is 16.9 Å². The summed E-state index contributed by atoms with van der Waals surface area (Å²) in [7, 11) is 1.83. The highest BCUT2D eigenvalue weighted by Crippen LogP contribution is 2.41. The van der Waals surface area contributed by atoms with E-state index in [0.717, 1.165) is 55.2 Å². The zero-order chi connectivity index (χ0) is 29.8. The first-order valence-corrected chi connectivity index (χ1v) is 15.8. The second-order valence-corrected chi connectivity index (χ2v) is 12.8. The molecule has 0 radical (unpaired) electrons. The lowest BCUT2D eigenvalue weighted by atomic mass is 9.78. The number of hydrogen-bond acceptors (Lipinski definition) is 8. The third-order valence-corrected chi connectivity index (χ3v) is 9.98. The fourth-order valence-corrected chi connectivity index (χ4v) is 7.36. The molecule has 228 valence electrons. The molecule has 1 saturated carbocycles. The molecule has 3 N–H and O–H groups in total. The number of aromatic nitrogens is 4. The van der Waals surface area contributed by atoms with E-state index in [2.05, 4.69) is 61.1 Å². The molecule has 0 unspecified atom stereocenters. The predicted molar refractivity (Wildman–Crippen MR) is 168 cm³/mol. The van der Waals surface area contributed by atoms with Crippen LogP contribution in [0.4, 0.5) is 21.6 Å². The summed E-state index contributed by atoms with van der Waals surface area (Å²) in [5, 5.41) is 14.3. The number of carbonyl (C=O) groups excluding carboxylic acids is 1. The van der Waals surface area contributed by atoms with Crippen LogP contribution >= 0.6 is 0 Å². The molecule has 11 heteroatoms. The number of benzene rings is 1. The van der Waals surface area contributed by atoms with Gasteiger partial charge in [-0.2, -0.15) is 0 Å². The van der Waals surface area contributed by atoms with Gasteiger partial charge in [0.15, 0.2) is 17.2 Å². The molecule has 44 heavy (non-hydrogen) atoms. The second-order valence-electron chi connectivity index (χ2n) is 12.8. The quantitative estimate of drug-likeness (QED) is 0.295. The van der Waals surface area contributed by atoms with E-state index in [1.807, 2.05) is 19.3 Å². The Hall–Kier alpha value is -4.09. The van der Waals surface area contributed by atoms with Gasteiger partial charge >= 0.3 is 0 Å². The first-order valence-electron chi connectivity index (χ1n) is 15.8. The molecule has 10 nitrogen and oxygen atoms in total. The molecule has 2 saturated heterocycles. The number of nitrogens with zero attached hydrogens (tertiary/aromatic N) is 6. The van der Waals surface area contributed by atoms with Gasteiger partial charge in [0.25, 0.3) is 5.91 Å². The van der Waals surface area contributed by atoms with Gasteiger partial charge in [-0.05, 0) is 74.0 Å². The van der Waals surface area contributed by atoms with Gasteiger partial charge in [0.2, 0.25) is 0 Å². The van der Waals surface area contributed by atoms with E-state index in [1.54, 1.807) is 4.52 Å². The van der Waals surface area contributed by atoms with E-state index < -0.39 is 12.2 Å². The van der Waals surface area contributed by atoms with Crippen molar-refractivity contribution in [3.05, 3.63) is 65.6 Å². The molecule has 0 bridgehead atoms. The Morgan fingerprint density at radius 1 is 1.11 bits per heavy atom. The number of hydrogen-bond donors (Lipinski definition) is 3. The molecule has 4 aromatic rings. The van der Waals surface area contributed by atoms with E-state index in [0.29, 0.717) is 23.3 Å². The van der Waals surface area contributed by atoms with Gasteiger partial charge in [-0.1, -0.05) is 18.2 Å². The topological polar surface area (TPSA) is 103 Å². The minimum atomic E-state index is -0.979. The number of pyridine rings is 1. The van der Waals surface area contributed by atoms with Crippen molar-refractivity contribution in [2.75, 3.05) is 50.0 Å². The molecule has 6 heterocycles. The molecule has 8 rings (SSSR count). The molecule has 1 spiro atoms.